The van der Waals surface area contributed by atoms with Crippen LogP contribution in [0.3, 0.4) is 0 Å². The van der Waals surface area contributed by atoms with Crippen LogP contribution in [0.2, 0.25) is 0 Å². The van der Waals surface area contributed by atoms with Crippen LogP contribution in [0.15, 0.2) is 48.5 Å². The number of rotatable bonds is 5. The number of hydrogen-bond acceptors (Lipinski definition) is 4. The lowest BCUT2D eigenvalue weighted by molar-refractivity contribution is -0.121. The summed E-state index contributed by atoms with van der Waals surface area (Å²) in [6.07, 6.45) is 0. The lowest BCUT2D eigenvalue weighted by Crippen LogP contribution is -2.19. The summed E-state index contributed by atoms with van der Waals surface area (Å²) in [5, 5.41) is 2.78. The van der Waals surface area contributed by atoms with Crippen LogP contribution in [-0.4, -0.2) is 25.7 Å². The van der Waals surface area contributed by atoms with E-state index in [0.29, 0.717) is 37.0 Å². The number of amides is 1. The van der Waals surface area contributed by atoms with Gasteiger partial charge in [0, 0.05) is 11.8 Å². The molecule has 1 amide bonds. The molecule has 2 aromatic rings. The highest BCUT2D eigenvalue weighted by atomic mass is 16.6. The average Bonchev–Trinajstić information content (AvgIpc) is 2.56. The highest BCUT2D eigenvalue weighted by Gasteiger charge is 2.12. The van der Waals surface area contributed by atoms with E-state index in [2.05, 4.69) is 5.32 Å². The van der Waals surface area contributed by atoms with E-state index in [4.69, 9.17) is 14.2 Å². The molecule has 0 saturated carbocycles. The first-order valence-corrected chi connectivity index (χ1v) is 7.12. The second kappa shape index (κ2) is 6.95. The first-order valence-electron chi connectivity index (χ1n) is 7.12. The molecule has 1 heterocycles. The minimum absolute atomic E-state index is 0.00331. The van der Waals surface area contributed by atoms with Gasteiger partial charge < -0.3 is 19.5 Å². The second-order valence-electron chi connectivity index (χ2n) is 4.89. The summed E-state index contributed by atoms with van der Waals surface area (Å²) in [6.45, 7) is 1.48. The molecule has 0 radical (unpaired) electrons. The number of anilines is 1. The third kappa shape index (κ3) is 3.77. The SMILES string of the molecule is O=C(COCc1ccccc1)Nc1ccc2c(c1)OCCO2. The minimum Gasteiger partial charge on any atom is -0.486 e. The molecule has 0 unspecified atom stereocenters. The van der Waals surface area contributed by atoms with E-state index >= 15 is 0 Å². The molecule has 0 fully saturated rings. The summed E-state index contributed by atoms with van der Waals surface area (Å²) in [5.41, 5.74) is 1.70. The van der Waals surface area contributed by atoms with Crippen LogP contribution in [0.1, 0.15) is 5.56 Å². The molecule has 0 aliphatic carbocycles. The lowest BCUT2D eigenvalue weighted by Gasteiger charge is -2.19. The molecule has 0 atom stereocenters. The Labute approximate surface area is 128 Å². The van der Waals surface area contributed by atoms with Gasteiger partial charge in [0.05, 0.1) is 6.61 Å². The van der Waals surface area contributed by atoms with Crippen molar-refractivity contribution in [2.24, 2.45) is 0 Å². The van der Waals surface area contributed by atoms with Gasteiger partial charge in [0.25, 0.3) is 0 Å². The van der Waals surface area contributed by atoms with Gasteiger partial charge in [-0.05, 0) is 17.7 Å². The lowest BCUT2D eigenvalue weighted by atomic mass is 10.2. The van der Waals surface area contributed by atoms with Crippen molar-refractivity contribution in [3.8, 4) is 11.5 Å². The largest absolute Gasteiger partial charge is 0.486 e. The molecule has 0 saturated heterocycles. The Morgan fingerprint density at radius 2 is 1.82 bits per heavy atom. The van der Waals surface area contributed by atoms with Gasteiger partial charge in [0.2, 0.25) is 5.91 Å². The zero-order chi connectivity index (χ0) is 15.2. The van der Waals surface area contributed by atoms with Gasteiger partial charge in [-0.3, -0.25) is 4.79 Å². The Morgan fingerprint density at radius 1 is 1.05 bits per heavy atom. The number of ether oxygens (including phenoxy) is 3. The summed E-state index contributed by atoms with van der Waals surface area (Å²) < 4.78 is 16.3. The molecule has 114 valence electrons. The predicted molar refractivity (Wildman–Crippen MR) is 82.2 cm³/mol. The van der Waals surface area contributed by atoms with Gasteiger partial charge in [-0.15, -0.1) is 0 Å². The van der Waals surface area contributed by atoms with E-state index in [1.54, 1.807) is 18.2 Å². The van der Waals surface area contributed by atoms with E-state index in [1.165, 1.54) is 0 Å². The maximum Gasteiger partial charge on any atom is 0.250 e. The van der Waals surface area contributed by atoms with Crippen molar-refractivity contribution >= 4 is 11.6 Å². The van der Waals surface area contributed by atoms with E-state index in [0.717, 1.165) is 5.56 Å². The van der Waals surface area contributed by atoms with Crippen molar-refractivity contribution < 1.29 is 19.0 Å². The molecule has 2 aromatic carbocycles. The standard InChI is InChI=1S/C17H17NO4/c19-17(12-20-11-13-4-2-1-3-5-13)18-14-6-7-15-16(10-14)22-9-8-21-15/h1-7,10H,8-9,11-12H2,(H,18,19). The van der Waals surface area contributed by atoms with E-state index in [-0.39, 0.29) is 12.5 Å². The molecular formula is C17H17NO4. The second-order valence-corrected chi connectivity index (χ2v) is 4.89. The molecule has 1 aliphatic heterocycles. The van der Waals surface area contributed by atoms with Gasteiger partial charge >= 0.3 is 0 Å². The summed E-state index contributed by atoms with van der Waals surface area (Å²) in [6, 6.07) is 15.1. The molecular weight excluding hydrogens is 282 g/mol. The topological polar surface area (TPSA) is 56.8 Å². The van der Waals surface area contributed by atoms with Gasteiger partial charge in [-0.2, -0.15) is 0 Å². The van der Waals surface area contributed by atoms with E-state index < -0.39 is 0 Å². The van der Waals surface area contributed by atoms with Gasteiger partial charge in [-0.25, -0.2) is 0 Å². The molecule has 22 heavy (non-hydrogen) atoms. The molecule has 0 spiro atoms. The highest BCUT2D eigenvalue weighted by molar-refractivity contribution is 5.92. The van der Waals surface area contributed by atoms with Crippen LogP contribution >= 0.6 is 0 Å². The third-order valence-corrected chi connectivity index (χ3v) is 3.17. The molecule has 0 bridgehead atoms. The van der Waals surface area contributed by atoms with Crippen LogP contribution < -0.4 is 14.8 Å². The van der Waals surface area contributed by atoms with E-state index in [9.17, 15) is 4.79 Å². The number of hydrogen-bond donors (Lipinski definition) is 1. The van der Waals surface area contributed by atoms with Gasteiger partial charge in [0.15, 0.2) is 11.5 Å². The first kappa shape index (κ1) is 14.4. The third-order valence-electron chi connectivity index (χ3n) is 3.17. The fraction of sp³-hybridized carbons (Fsp3) is 0.235. The maximum absolute atomic E-state index is 11.9. The number of benzene rings is 2. The number of carbonyl (C=O) groups excluding carboxylic acids is 1. The quantitative estimate of drug-likeness (QED) is 0.922. The van der Waals surface area contributed by atoms with Crippen molar-refractivity contribution in [3.05, 3.63) is 54.1 Å². The monoisotopic (exact) mass is 299 g/mol. The van der Waals surface area contributed by atoms with Crippen molar-refractivity contribution in [1.82, 2.24) is 0 Å². The van der Waals surface area contributed by atoms with Crippen LogP contribution in [0, 0.1) is 0 Å². The summed E-state index contributed by atoms with van der Waals surface area (Å²) in [7, 11) is 0. The summed E-state index contributed by atoms with van der Waals surface area (Å²) in [4.78, 5) is 11.9. The molecule has 0 aromatic heterocycles. The zero-order valence-electron chi connectivity index (χ0n) is 12.1. The van der Waals surface area contributed by atoms with Crippen molar-refractivity contribution in [3.63, 3.8) is 0 Å². The number of nitrogens with one attached hydrogen (secondary N) is 1. The van der Waals surface area contributed by atoms with Crippen molar-refractivity contribution in [1.29, 1.82) is 0 Å². The fourth-order valence-electron chi connectivity index (χ4n) is 2.15. The Bertz CT molecular complexity index is 642. The smallest absolute Gasteiger partial charge is 0.250 e. The highest BCUT2D eigenvalue weighted by Crippen LogP contribution is 2.32. The fourth-order valence-corrected chi connectivity index (χ4v) is 2.15. The molecule has 5 nitrogen and oxygen atoms in total. The number of carbonyl (C=O) groups is 1. The Morgan fingerprint density at radius 3 is 2.64 bits per heavy atom. The van der Waals surface area contributed by atoms with Crippen LogP contribution in [0.5, 0.6) is 11.5 Å². The normalized spacial score (nSPS) is 12.7. The molecule has 1 N–H and O–H groups in total. The molecule has 1 aliphatic rings. The molecule has 3 rings (SSSR count). The van der Waals surface area contributed by atoms with Crippen molar-refractivity contribution in [2.75, 3.05) is 25.1 Å². The van der Waals surface area contributed by atoms with Gasteiger partial charge in [-0.1, -0.05) is 30.3 Å². The van der Waals surface area contributed by atoms with Crippen molar-refractivity contribution in [2.45, 2.75) is 6.61 Å². The minimum atomic E-state index is -0.201. The van der Waals surface area contributed by atoms with Crippen LogP contribution in [0.4, 0.5) is 5.69 Å². The maximum atomic E-state index is 11.9. The van der Waals surface area contributed by atoms with Crippen LogP contribution in [0.25, 0.3) is 0 Å². The Kier molecular flexibility index (Phi) is 4.56. The predicted octanol–water partition coefficient (Wildman–Crippen LogP) is 2.61. The Balaban J connectivity index is 1.49. The number of fused-ring (bicyclic) bond motifs is 1. The average molecular weight is 299 g/mol. The summed E-state index contributed by atoms with van der Waals surface area (Å²) >= 11 is 0. The van der Waals surface area contributed by atoms with Crippen LogP contribution in [-0.2, 0) is 16.1 Å². The molecule has 5 heteroatoms. The summed E-state index contributed by atoms with van der Waals surface area (Å²) in [5.74, 6) is 1.14. The van der Waals surface area contributed by atoms with Gasteiger partial charge in [0.1, 0.15) is 19.8 Å². The first-order chi connectivity index (χ1) is 10.8. The Hall–Kier alpha value is -2.53. The zero-order valence-corrected chi connectivity index (χ0v) is 12.1. The van der Waals surface area contributed by atoms with E-state index in [1.807, 2.05) is 30.3 Å².